The van der Waals surface area contributed by atoms with Gasteiger partial charge in [0.25, 0.3) is 0 Å². The highest BCUT2D eigenvalue weighted by molar-refractivity contribution is 5.94. The highest BCUT2D eigenvalue weighted by atomic mass is 16.1. The van der Waals surface area contributed by atoms with Crippen LogP contribution in [0.4, 0.5) is 0 Å². The van der Waals surface area contributed by atoms with Crippen LogP contribution in [0.15, 0.2) is 29.0 Å². The molecule has 1 rings (SSSR count). The molecule has 0 aromatic rings. The number of hydrogen-bond donors (Lipinski definition) is 2. The lowest BCUT2D eigenvalue weighted by molar-refractivity contribution is -0.120. The van der Waals surface area contributed by atoms with Crippen LogP contribution in [0.5, 0.6) is 0 Å². The van der Waals surface area contributed by atoms with Crippen LogP contribution in [-0.4, -0.2) is 30.4 Å². The van der Waals surface area contributed by atoms with Gasteiger partial charge >= 0.3 is 0 Å². The second kappa shape index (κ2) is 5.34. The minimum atomic E-state index is -0.321. The maximum absolute atomic E-state index is 10.9. The number of aliphatic imine (C=N–C) groups is 1. The third-order valence-electron chi connectivity index (χ3n) is 2.47. The largest absolute Gasteiger partial charge is 0.369 e. The third-order valence-corrected chi connectivity index (χ3v) is 2.47. The molecule has 1 aliphatic heterocycles. The highest BCUT2D eigenvalue weighted by Crippen LogP contribution is 2.08. The molecule has 0 saturated carbocycles. The summed E-state index contributed by atoms with van der Waals surface area (Å²) in [5, 5.41) is 3.13. The maximum atomic E-state index is 10.9. The fraction of sp³-hybridized carbons (Fsp3) is 0.455. The van der Waals surface area contributed by atoms with Crippen LogP contribution >= 0.6 is 0 Å². The molecular weight excluding hydrogens is 204 g/mol. The molecule has 88 valence electrons. The van der Waals surface area contributed by atoms with Gasteiger partial charge in [-0.3, -0.25) is 9.79 Å². The first-order valence-corrected chi connectivity index (χ1v) is 5.18. The fourth-order valence-corrected chi connectivity index (χ4v) is 1.26. The zero-order chi connectivity index (χ0) is 12.1. The van der Waals surface area contributed by atoms with Gasteiger partial charge in [-0.1, -0.05) is 13.0 Å². The van der Waals surface area contributed by atoms with E-state index in [9.17, 15) is 4.79 Å². The Morgan fingerprint density at radius 1 is 1.75 bits per heavy atom. The predicted molar refractivity (Wildman–Crippen MR) is 64.5 cm³/mol. The Bertz CT molecular complexity index is 357. The van der Waals surface area contributed by atoms with Crippen molar-refractivity contribution in [1.29, 1.82) is 0 Å². The first-order valence-electron chi connectivity index (χ1n) is 5.18. The van der Waals surface area contributed by atoms with Crippen LogP contribution < -0.4 is 11.1 Å². The van der Waals surface area contributed by atoms with E-state index in [2.05, 4.69) is 10.3 Å². The third kappa shape index (κ3) is 3.12. The van der Waals surface area contributed by atoms with E-state index in [4.69, 9.17) is 5.73 Å². The Labute approximate surface area is 95.7 Å². The first kappa shape index (κ1) is 12.3. The van der Waals surface area contributed by atoms with Gasteiger partial charge in [0, 0.05) is 18.9 Å². The number of rotatable bonds is 3. The molecule has 3 N–H and O–H groups in total. The Balaban J connectivity index is 2.67. The summed E-state index contributed by atoms with van der Waals surface area (Å²) < 4.78 is 0. The monoisotopic (exact) mass is 222 g/mol. The van der Waals surface area contributed by atoms with E-state index in [1.807, 2.05) is 24.1 Å². The van der Waals surface area contributed by atoms with Crippen molar-refractivity contribution in [3.05, 3.63) is 24.0 Å². The van der Waals surface area contributed by atoms with Crippen LogP contribution in [0.25, 0.3) is 0 Å². The molecule has 1 aliphatic rings. The summed E-state index contributed by atoms with van der Waals surface area (Å²) >= 11 is 0. The molecule has 1 heterocycles. The Morgan fingerprint density at radius 2 is 2.44 bits per heavy atom. The van der Waals surface area contributed by atoms with Gasteiger partial charge < -0.3 is 16.0 Å². The fourth-order valence-electron chi connectivity index (χ4n) is 1.26. The van der Waals surface area contributed by atoms with Gasteiger partial charge in [-0.2, -0.15) is 0 Å². The van der Waals surface area contributed by atoms with Crippen LogP contribution in [0.3, 0.4) is 0 Å². The summed E-state index contributed by atoms with van der Waals surface area (Å²) in [6.07, 6.45) is 5.60. The maximum Gasteiger partial charge on any atom is 0.224 e. The average molecular weight is 222 g/mol. The molecule has 5 heteroatoms. The van der Waals surface area contributed by atoms with Gasteiger partial charge in [0.1, 0.15) is 5.84 Å². The number of allylic oxidation sites excluding steroid dienone is 1. The average Bonchev–Trinajstić information content (AvgIpc) is 2.26. The van der Waals surface area contributed by atoms with E-state index in [0.717, 1.165) is 11.5 Å². The normalized spacial score (nSPS) is 20.8. The molecule has 1 amide bonds. The molecule has 0 fully saturated rings. The van der Waals surface area contributed by atoms with E-state index >= 15 is 0 Å². The minimum Gasteiger partial charge on any atom is -0.369 e. The van der Waals surface area contributed by atoms with Crippen molar-refractivity contribution < 1.29 is 4.79 Å². The number of carbonyl (C=O) groups excluding carboxylic acids is 1. The number of hydrogen-bond acceptors (Lipinski definition) is 3. The summed E-state index contributed by atoms with van der Waals surface area (Å²) in [6.45, 7) is 4.41. The number of nitrogens with one attached hydrogen (secondary N) is 1. The summed E-state index contributed by atoms with van der Waals surface area (Å²) in [5.41, 5.74) is 6.25. The van der Waals surface area contributed by atoms with E-state index < -0.39 is 0 Å². The van der Waals surface area contributed by atoms with Crippen LogP contribution in [0.2, 0.25) is 0 Å². The lowest BCUT2D eigenvalue weighted by Gasteiger charge is -2.27. The van der Waals surface area contributed by atoms with Gasteiger partial charge in [0.05, 0.1) is 12.6 Å². The van der Waals surface area contributed by atoms with Crippen LogP contribution in [0, 0.1) is 5.92 Å². The van der Waals surface area contributed by atoms with E-state index in [-0.39, 0.29) is 11.8 Å². The Kier molecular flexibility index (Phi) is 4.10. The van der Waals surface area contributed by atoms with Gasteiger partial charge in [-0.05, 0) is 13.0 Å². The minimum absolute atomic E-state index is 0.256. The molecule has 0 aromatic carbocycles. The summed E-state index contributed by atoms with van der Waals surface area (Å²) in [5.74, 6) is 0.290. The van der Waals surface area contributed by atoms with Gasteiger partial charge in [0.15, 0.2) is 0 Å². The van der Waals surface area contributed by atoms with Gasteiger partial charge in [-0.25, -0.2) is 0 Å². The quantitative estimate of drug-likeness (QED) is 0.727. The van der Waals surface area contributed by atoms with Crippen molar-refractivity contribution >= 4 is 11.7 Å². The molecule has 0 aromatic heterocycles. The molecule has 0 unspecified atom stereocenters. The number of nitrogens with two attached hydrogens (primary N) is 1. The smallest absolute Gasteiger partial charge is 0.224 e. The molecular formula is C11H18N4O. The SMILES string of the molecule is CN=C1C=C(C)N(/C=C\[C@@H](C)C(N)=O)CN1. The molecule has 16 heavy (non-hydrogen) atoms. The van der Waals surface area contributed by atoms with Crippen molar-refractivity contribution in [3.8, 4) is 0 Å². The number of amides is 1. The van der Waals surface area contributed by atoms with Gasteiger partial charge in [0.2, 0.25) is 5.91 Å². The highest BCUT2D eigenvalue weighted by Gasteiger charge is 2.10. The molecule has 5 nitrogen and oxygen atoms in total. The summed E-state index contributed by atoms with van der Waals surface area (Å²) in [4.78, 5) is 16.9. The number of amidine groups is 1. The molecule has 0 saturated heterocycles. The van der Waals surface area contributed by atoms with Crippen molar-refractivity contribution in [2.24, 2.45) is 16.6 Å². The second-order valence-electron chi connectivity index (χ2n) is 3.73. The number of primary amides is 1. The summed E-state index contributed by atoms with van der Waals surface area (Å²) in [6, 6.07) is 0. The van der Waals surface area contributed by atoms with Gasteiger partial charge in [-0.15, -0.1) is 0 Å². The van der Waals surface area contributed by atoms with Crippen LogP contribution in [-0.2, 0) is 4.79 Å². The molecule has 0 aliphatic carbocycles. The zero-order valence-electron chi connectivity index (χ0n) is 9.90. The predicted octanol–water partition coefficient (Wildman–Crippen LogP) is 0.416. The van der Waals surface area contributed by atoms with Crippen LogP contribution in [0.1, 0.15) is 13.8 Å². The molecule has 0 bridgehead atoms. The summed E-state index contributed by atoms with van der Waals surface area (Å²) in [7, 11) is 1.74. The van der Waals surface area contributed by atoms with E-state index in [1.165, 1.54) is 0 Å². The lowest BCUT2D eigenvalue weighted by Crippen LogP contribution is -2.38. The van der Waals surface area contributed by atoms with Crippen molar-refractivity contribution in [2.45, 2.75) is 13.8 Å². The Morgan fingerprint density at radius 3 is 2.94 bits per heavy atom. The number of nitrogens with zero attached hydrogens (tertiary/aromatic N) is 2. The second-order valence-corrected chi connectivity index (χ2v) is 3.73. The Hall–Kier alpha value is -1.78. The first-order chi connectivity index (χ1) is 7.54. The molecule has 0 spiro atoms. The molecule has 0 radical (unpaired) electrons. The molecule has 1 atom stereocenters. The van der Waals surface area contributed by atoms with Crippen molar-refractivity contribution in [2.75, 3.05) is 13.7 Å². The van der Waals surface area contributed by atoms with E-state index in [1.54, 1.807) is 20.0 Å². The number of carbonyl (C=O) groups is 1. The standard InChI is InChI=1S/C11H18N4O/c1-8(11(12)16)4-5-15-7-14-10(13-3)6-9(15)2/h4-6,8H,7H2,1-3H3,(H2,12,16)(H,13,14)/b5-4-/t8-/m1/s1. The zero-order valence-corrected chi connectivity index (χ0v) is 9.90. The van der Waals surface area contributed by atoms with Crippen molar-refractivity contribution in [3.63, 3.8) is 0 Å². The van der Waals surface area contributed by atoms with E-state index in [0.29, 0.717) is 6.67 Å². The van der Waals surface area contributed by atoms with Crippen molar-refractivity contribution in [1.82, 2.24) is 10.2 Å². The topological polar surface area (TPSA) is 70.7 Å². The lowest BCUT2D eigenvalue weighted by atomic mass is 10.1.